The van der Waals surface area contributed by atoms with E-state index in [1.165, 1.54) is 11.1 Å². The summed E-state index contributed by atoms with van der Waals surface area (Å²) in [6.45, 7) is 5.21. The monoisotopic (exact) mass is 229 g/mol. The van der Waals surface area contributed by atoms with Gasteiger partial charge in [0.05, 0.1) is 18.1 Å². The van der Waals surface area contributed by atoms with Crippen molar-refractivity contribution in [3.05, 3.63) is 53.6 Å². The summed E-state index contributed by atoms with van der Waals surface area (Å²) >= 11 is 0. The summed E-state index contributed by atoms with van der Waals surface area (Å²) in [5.41, 5.74) is 3.65. The Balaban J connectivity index is 2.36. The van der Waals surface area contributed by atoms with Crippen LogP contribution in [0.15, 0.2) is 36.8 Å². The average Bonchev–Trinajstić information content (AvgIpc) is 2.81. The second-order valence-electron chi connectivity index (χ2n) is 4.21. The lowest BCUT2D eigenvalue weighted by atomic mass is 9.99. The molecule has 0 saturated heterocycles. The summed E-state index contributed by atoms with van der Waals surface area (Å²) in [6, 6.07) is 8.60. The van der Waals surface area contributed by atoms with Crippen LogP contribution in [0.2, 0.25) is 0 Å². The van der Waals surface area contributed by atoms with Crippen molar-refractivity contribution in [2.75, 3.05) is 7.05 Å². The Morgan fingerprint density at radius 2 is 2.12 bits per heavy atom. The van der Waals surface area contributed by atoms with Gasteiger partial charge in [-0.05, 0) is 32.0 Å². The lowest BCUT2D eigenvalue weighted by molar-refractivity contribution is 0.668. The number of aromatic nitrogens is 2. The number of aryl methyl sites for hydroxylation is 2. The molecule has 0 bridgehead atoms. The van der Waals surface area contributed by atoms with E-state index in [-0.39, 0.29) is 6.04 Å². The first-order chi connectivity index (χ1) is 8.26. The molecule has 1 N–H and O–H groups in total. The first-order valence-corrected chi connectivity index (χ1v) is 6.00. The fourth-order valence-electron chi connectivity index (χ4n) is 2.07. The molecule has 0 aliphatic carbocycles. The van der Waals surface area contributed by atoms with Crippen LogP contribution < -0.4 is 5.32 Å². The first kappa shape index (κ1) is 11.9. The molecule has 3 heteroatoms. The number of nitrogens with zero attached hydrogens (tertiary/aromatic N) is 2. The summed E-state index contributed by atoms with van der Waals surface area (Å²) < 4.78 is 2.10. The molecule has 1 aromatic carbocycles. The zero-order valence-electron chi connectivity index (χ0n) is 10.6. The van der Waals surface area contributed by atoms with Crippen LogP contribution in [0.5, 0.6) is 0 Å². The van der Waals surface area contributed by atoms with Crippen LogP contribution >= 0.6 is 0 Å². The fraction of sp³-hybridized carbons (Fsp3) is 0.357. The van der Waals surface area contributed by atoms with Crippen molar-refractivity contribution in [1.82, 2.24) is 14.9 Å². The Morgan fingerprint density at radius 3 is 2.71 bits per heavy atom. The molecule has 0 saturated carbocycles. The van der Waals surface area contributed by atoms with Gasteiger partial charge in [-0.1, -0.05) is 24.3 Å². The van der Waals surface area contributed by atoms with E-state index in [0.29, 0.717) is 0 Å². The largest absolute Gasteiger partial charge is 0.337 e. The summed E-state index contributed by atoms with van der Waals surface area (Å²) in [4.78, 5) is 4.48. The average molecular weight is 229 g/mol. The van der Waals surface area contributed by atoms with Gasteiger partial charge in [0.25, 0.3) is 0 Å². The molecule has 0 aliphatic heterocycles. The Kier molecular flexibility index (Phi) is 3.59. The van der Waals surface area contributed by atoms with Gasteiger partial charge >= 0.3 is 0 Å². The molecule has 17 heavy (non-hydrogen) atoms. The minimum atomic E-state index is 0.170. The molecule has 2 aromatic rings. The second kappa shape index (κ2) is 5.15. The molecular weight excluding hydrogens is 210 g/mol. The maximum Gasteiger partial charge on any atom is 0.0950 e. The van der Waals surface area contributed by atoms with Crippen LogP contribution in [0.4, 0.5) is 0 Å². The van der Waals surface area contributed by atoms with Crippen LogP contribution in [-0.4, -0.2) is 16.6 Å². The number of imidazole rings is 1. The van der Waals surface area contributed by atoms with E-state index in [2.05, 4.69) is 59.2 Å². The van der Waals surface area contributed by atoms with Crippen molar-refractivity contribution in [3.8, 4) is 0 Å². The van der Waals surface area contributed by atoms with Crippen molar-refractivity contribution in [2.45, 2.75) is 26.4 Å². The number of rotatable bonds is 4. The van der Waals surface area contributed by atoms with E-state index in [0.717, 1.165) is 12.2 Å². The maximum absolute atomic E-state index is 4.48. The first-order valence-electron chi connectivity index (χ1n) is 6.00. The highest BCUT2D eigenvalue weighted by Gasteiger charge is 2.15. The summed E-state index contributed by atoms with van der Waals surface area (Å²) in [7, 11) is 1.97. The summed E-state index contributed by atoms with van der Waals surface area (Å²) in [6.07, 6.45) is 3.99. The molecule has 1 heterocycles. The van der Waals surface area contributed by atoms with E-state index in [9.17, 15) is 0 Å². The smallest absolute Gasteiger partial charge is 0.0950 e. The molecule has 2 rings (SSSR count). The molecule has 1 atom stereocenters. The number of benzene rings is 1. The van der Waals surface area contributed by atoms with E-state index >= 15 is 0 Å². The predicted octanol–water partition coefficient (Wildman–Crippen LogP) is 2.52. The Hall–Kier alpha value is -1.61. The third-order valence-electron chi connectivity index (χ3n) is 3.10. The normalized spacial score (nSPS) is 12.6. The van der Waals surface area contributed by atoms with Crippen molar-refractivity contribution in [2.24, 2.45) is 0 Å². The Bertz CT molecular complexity index is 488. The molecule has 0 fully saturated rings. The highest BCUT2D eigenvalue weighted by Crippen LogP contribution is 2.22. The van der Waals surface area contributed by atoms with Crippen LogP contribution in [0.25, 0.3) is 0 Å². The lowest BCUT2D eigenvalue weighted by Gasteiger charge is -2.16. The summed E-state index contributed by atoms with van der Waals surface area (Å²) in [5, 5.41) is 3.34. The van der Waals surface area contributed by atoms with Gasteiger partial charge in [-0.15, -0.1) is 0 Å². The van der Waals surface area contributed by atoms with E-state index < -0.39 is 0 Å². The standard InChI is InChI=1S/C14H19N3/c1-4-17-9-13(16-10-17)14(15-3)12-8-6-5-7-11(12)2/h5-10,14-15H,4H2,1-3H3. The van der Waals surface area contributed by atoms with Crippen molar-refractivity contribution >= 4 is 0 Å². The lowest BCUT2D eigenvalue weighted by Crippen LogP contribution is -2.19. The van der Waals surface area contributed by atoms with Crippen LogP contribution in [-0.2, 0) is 6.54 Å². The predicted molar refractivity (Wildman–Crippen MR) is 70.0 cm³/mol. The van der Waals surface area contributed by atoms with Gasteiger partial charge in [-0.25, -0.2) is 4.98 Å². The highest BCUT2D eigenvalue weighted by molar-refractivity contribution is 5.33. The highest BCUT2D eigenvalue weighted by atomic mass is 15.0. The number of nitrogens with one attached hydrogen (secondary N) is 1. The van der Waals surface area contributed by atoms with Crippen molar-refractivity contribution < 1.29 is 0 Å². The van der Waals surface area contributed by atoms with E-state index in [4.69, 9.17) is 0 Å². The third-order valence-corrected chi connectivity index (χ3v) is 3.10. The quantitative estimate of drug-likeness (QED) is 0.873. The van der Waals surface area contributed by atoms with Gasteiger partial charge in [0, 0.05) is 12.7 Å². The Labute approximate surface area is 103 Å². The number of hydrogen-bond acceptors (Lipinski definition) is 2. The minimum absolute atomic E-state index is 0.170. The molecule has 0 radical (unpaired) electrons. The van der Waals surface area contributed by atoms with Gasteiger partial charge in [-0.2, -0.15) is 0 Å². The van der Waals surface area contributed by atoms with Gasteiger partial charge in [0.1, 0.15) is 0 Å². The van der Waals surface area contributed by atoms with E-state index in [1.807, 2.05) is 13.4 Å². The van der Waals surface area contributed by atoms with E-state index in [1.54, 1.807) is 0 Å². The SMILES string of the molecule is CCn1cnc(C(NC)c2ccccc2C)c1. The maximum atomic E-state index is 4.48. The van der Waals surface area contributed by atoms with Crippen LogP contribution in [0.1, 0.15) is 29.8 Å². The minimum Gasteiger partial charge on any atom is -0.337 e. The molecule has 0 amide bonds. The Morgan fingerprint density at radius 1 is 1.35 bits per heavy atom. The number of hydrogen-bond donors (Lipinski definition) is 1. The molecule has 90 valence electrons. The van der Waals surface area contributed by atoms with Gasteiger partial charge in [-0.3, -0.25) is 0 Å². The van der Waals surface area contributed by atoms with Gasteiger partial charge in [0.15, 0.2) is 0 Å². The van der Waals surface area contributed by atoms with Crippen molar-refractivity contribution in [3.63, 3.8) is 0 Å². The molecular formula is C14H19N3. The molecule has 1 unspecified atom stereocenters. The molecule has 0 spiro atoms. The molecule has 1 aromatic heterocycles. The van der Waals surface area contributed by atoms with Crippen molar-refractivity contribution in [1.29, 1.82) is 0 Å². The fourth-order valence-corrected chi connectivity index (χ4v) is 2.07. The topological polar surface area (TPSA) is 29.9 Å². The van der Waals surface area contributed by atoms with Gasteiger partial charge in [0.2, 0.25) is 0 Å². The van der Waals surface area contributed by atoms with Gasteiger partial charge < -0.3 is 9.88 Å². The zero-order valence-corrected chi connectivity index (χ0v) is 10.6. The van der Waals surface area contributed by atoms with Crippen LogP contribution in [0.3, 0.4) is 0 Å². The van der Waals surface area contributed by atoms with Crippen LogP contribution in [0, 0.1) is 6.92 Å². The second-order valence-corrected chi connectivity index (χ2v) is 4.21. The zero-order chi connectivity index (χ0) is 12.3. The molecule has 0 aliphatic rings. The molecule has 3 nitrogen and oxygen atoms in total. The summed E-state index contributed by atoms with van der Waals surface area (Å²) in [5.74, 6) is 0. The third kappa shape index (κ3) is 2.39.